The van der Waals surface area contributed by atoms with E-state index in [1.54, 1.807) is 47.0 Å². The molecule has 0 N–H and O–H groups in total. The minimum Gasteiger partial charge on any atom is -0.502 e. The van der Waals surface area contributed by atoms with Gasteiger partial charge in [-0.25, -0.2) is 0 Å². The fourth-order valence-corrected chi connectivity index (χ4v) is 8.94. The Labute approximate surface area is 339 Å². The Morgan fingerprint density at radius 1 is 0.471 bits per heavy atom. The molecule has 0 spiro atoms. The molecule has 8 nitrogen and oxygen atoms in total. The summed E-state index contributed by atoms with van der Waals surface area (Å²) in [5, 5.41) is 4.13. The van der Waals surface area contributed by atoms with Gasteiger partial charge in [0.05, 0.1) is 20.1 Å². The number of anilines is 8. The van der Waals surface area contributed by atoms with E-state index in [0.29, 0.717) is 0 Å². The Hall–Kier alpha value is -2.91. The van der Waals surface area contributed by atoms with E-state index in [-0.39, 0.29) is 19.8 Å². The van der Waals surface area contributed by atoms with Crippen LogP contribution in [0.2, 0.25) is 0 Å². The zero-order chi connectivity index (χ0) is 33.9. The summed E-state index contributed by atoms with van der Waals surface area (Å²) in [4.78, 5) is 26.3. The quantitative estimate of drug-likeness (QED) is 0.125. The van der Waals surface area contributed by atoms with Crippen LogP contribution in [0, 0.1) is 29.6 Å². The molecule has 51 heavy (non-hydrogen) atoms. The Morgan fingerprint density at radius 3 is 1.20 bits per heavy atom. The second kappa shape index (κ2) is 16.8. The number of rotatable bonds is 4. The van der Waals surface area contributed by atoms with E-state index in [4.69, 9.17) is 0 Å². The average molecular weight is 985 g/mol. The van der Waals surface area contributed by atoms with E-state index in [0.717, 1.165) is 65.6 Å². The summed E-state index contributed by atoms with van der Waals surface area (Å²) >= 11 is 10.2. The molecule has 2 aromatic carbocycles. The van der Waals surface area contributed by atoms with Crippen LogP contribution >= 0.6 is 57.1 Å². The number of nitrogens with zero attached hydrogens (tertiary/aromatic N) is 8. The zero-order valence-electron chi connectivity index (χ0n) is 26.0. The van der Waals surface area contributed by atoms with Gasteiger partial charge in [0.25, 0.3) is 0 Å². The van der Waals surface area contributed by atoms with E-state index in [1.165, 1.54) is 0 Å². The van der Waals surface area contributed by atoms with Crippen LogP contribution in [0.25, 0.3) is 0 Å². The third kappa shape index (κ3) is 7.48. The summed E-state index contributed by atoms with van der Waals surface area (Å²) < 4.78 is 0. The molecule has 6 aromatic rings. The normalized spacial score (nSPS) is 14.7. The van der Waals surface area contributed by atoms with Crippen LogP contribution in [-0.2, 0) is 34.9 Å². The zero-order valence-corrected chi connectivity index (χ0v) is 33.5. The van der Waals surface area contributed by atoms with Crippen molar-refractivity contribution in [1.82, 2.24) is 19.9 Å². The van der Waals surface area contributed by atoms with Crippen molar-refractivity contribution >= 4 is 103 Å². The van der Waals surface area contributed by atoms with Crippen LogP contribution in [0.3, 0.4) is 0 Å². The summed E-state index contributed by atoms with van der Waals surface area (Å²) in [5.74, 6) is 8.36. The molecule has 262 valence electrons. The Kier molecular flexibility index (Phi) is 12.0. The first-order chi connectivity index (χ1) is 24.8. The summed E-state index contributed by atoms with van der Waals surface area (Å²) in [7, 11) is 4.20. The van der Waals surface area contributed by atoms with Crippen molar-refractivity contribution in [3.63, 3.8) is 0 Å². The molecule has 15 heteroatoms. The van der Waals surface area contributed by atoms with E-state index in [1.807, 2.05) is 49.1 Å². The van der Waals surface area contributed by atoms with E-state index in [2.05, 4.69) is 161 Å². The van der Waals surface area contributed by atoms with Gasteiger partial charge < -0.3 is 19.6 Å². The third-order valence-electron chi connectivity index (χ3n) is 7.79. The second-order valence-corrected chi connectivity index (χ2v) is 14.0. The SMILES string of the molecule is [Cl][Cu].[Os].[c-]1c(N2[CH-]Sc3ncccc32)cccc1N1[CH-]Sc2ncccc21.c1cc(N2[CH-]Sc3ncccc32)cc(N2[CH-]Sc3ncccc32)c1. The van der Waals surface area contributed by atoms with Crippen LogP contribution in [0.15, 0.2) is 136 Å². The van der Waals surface area contributed by atoms with Crippen molar-refractivity contribution in [1.29, 1.82) is 0 Å². The van der Waals surface area contributed by atoms with Crippen molar-refractivity contribution in [3.8, 4) is 0 Å². The topological polar surface area (TPSA) is 64.5 Å². The summed E-state index contributed by atoms with van der Waals surface area (Å²) in [6.45, 7) is 0. The molecule has 0 aliphatic carbocycles. The maximum atomic E-state index is 4.43. The predicted octanol–water partition coefficient (Wildman–Crippen LogP) is 10.9. The van der Waals surface area contributed by atoms with Crippen LogP contribution in [0.5, 0.6) is 0 Å². The first kappa shape index (κ1) is 36.4. The van der Waals surface area contributed by atoms with E-state index >= 15 is 0 Å². The second-order valence-electron chi connectivity index (χ2n) is 10.6. The Balaban J connectivity index is 0.000000149. The van der Waals surface area contributed by atoms with Gasteiger partial charge in [0.1, 0.15) is 0 Å². The van der Waals surface area contributed by atoms with Gasteiger partial charge in [-0.05, 0) is 66.7 Å². The fraction of sp³-hybridized carbons (Fsp3) is 0. The summed E-state index contributed by atoms with van der Waals surface area (Å²) in [6.07, 6.45) is 7.31. The van der Waals surface area contributed by atoms with Gasteiger partial charge in [0, 0.05) is 78.7 Å². The molecule has 0 fully saturated rings. The molecule has 0 amide bonds. The van der Waals surface area contributed by atoms with E-state index in [9.17, 15) is 0 Å². The molecular formula is C36H23ClCuN8OsS4-5. The number of thioether (sulfide) groups is 4. The van der Waals surface area contributed by atoms with Gasteiger partial charge in [-0.15, -0.1) is 29.6 Å². The molecule has 0 radical (unpaired) electrons. The molecule has 0 bridgehead atoms. The molecule has 0 saturated heterocycles. The first-order valence-electron chi connectivity index (χ1n) is 15.0. The minimum atomic E-state index is 0. The van der Waals surface area contributed by atoms with Crippen LogP contribution < -0.4 is 19.6 Å². The number of halogens is 1. The monoisotopic (exact) mass is 985 g/mol. The number of hydrogen-bond acceptors (Lipinski definition) is 12. The minimum absolute atomic E-state index is 0. The molecule has 8 heterocycles. The molecule has 0 saturated carbocycles. The first-order valence-corrected chi connectivity index (χ1v) is 19.8. The maximum Gasteiger partial charge on any atom is 0.0870 e. The Bertz CT molecular complexity index is 1860. The average Bonchev–Trinajstić information content (AvgIpc) is 4.00. The number of aromatic nitrogens is 4. The van der Waals surface area contributed by atoms with Crippen molar-refractivity contribution in [2.75, 3.05) is 19.6 Å². The number of fused-ring (bicyclic) bond motifs is 4. The van der Waals surface area contributed by atoms with Gasteiger partial charge in [-0.1, -0.05) is 6.07 Å². The van der Waals surface area contributed by atoms with Gasteiger partial charge >= 0.3 is 25.2 Å². The van der Waals surface area contributed by atoms with Gasteiger partial charge in [-0.2, -0.15) is 29.6 Å². The van der Waals surface area contributed by atoms with Crippen molar-refractivity contribution in [3.05, 3.63) is 145 Å². The number of hydrogen-bond donors (Lipinski definition) is 0. The molecular weight excluding hydrogens is 962 g/mol. The summed E-state index contributed by atoms with van der Waals surface area (Å²) in [5.41, 5.74) is 8.70. The standard InChI is InChI=1S/C18H12N4S2.C18H11N4S2.ClH.Cu.Os/c2*1-4-13(21-11-23-17-15(21)6-2-8-19-17)10-14(5-1)22-12-24-18-16(22)7-3-9-20-18;;;/h1-12H;1-9,11-12H;1H;;/q-2;-3;;+1;/p-1. The van der Waals surface area contributed by atoms with Gasteiger partial charge in [-0.3, -0.25) is 67.0 Å². The van der Waals surface area contributed by atoms with Gasteiger partial charge in [0.15, 0.2) is 0 Å². The number of pyridine rings is 4. The molecule has 4 aromatic heterocycles. The molecule has 4 aliphatic heterocycles. The van der Waals surface area contributed by atoms with Crippen molar-refractivity contribution in [2.45, 2.75) is 20.1 Å². The molecule has 0 atom stereocenters. The molecule has 4 aliphatic rings. The third-order valence-corrected chi connectivity index (χ3v) is 11.2. The molecule has 10 rings (SSSR count). The summed E-state index contributed by atoms with van der Waals surface area (Å²) in [6, 6.07) is 34.5. The maximum absolute atomic E-state index is 4.43. The Morgan fingerprint density at radius 2 is 0.804 bits per heavy atom. The van der Waals surface area contributed by atoms with Crippen molar-refractivity contribution < 1.29 is 34.9 Å². The predicted molar refractivity (Wildman–Crippen MR) is 204 cm³/mol. The fourth-order valence-electron chi connectivity index (χ4n) is 5.56. The largest absolute Gasteiger partial charge is 0.502 e. The molecule has 0 unspecified atom stereocenters. The number of benzene rings is 2. The van der Waals surface area contributed by atoms with Gasteiger partial charge in [0.2, 0.25) is 0 Å². The smallest absolute Gasteiger partial charge is 0.0870 e. The van der Waals surface area contributed by atoms with Crippen LogP contribution in [-0.4, -0.2) is 19.9 Å². The van der Waals surface area contributed by atoms with Crippen molar-refractivity contribution in [2.24, 2.45) is 0 Å². The van der Waals surface area contributed by atoms with Crippen LogP contribution in [0.1, 0.15) is 0 Å². The van der Waals surface area contributed by atoms with E-state index < -0.39 is 0 Å². The van der Waals surface area contributed by atoms with Crippen LogP contribution in [0.4, 0.5) is 45.5 Å².